The van der Waals surface area contributed by atoms with E-state index in [1.165, 1.54) is 0 Å². The van der Waals surface area contributed by atoms with Gasteiger partial charge in [0, 0.05) is 0 Å². The molecule has 24 heavy (non-hydrogen) atoms. The van der Waals surface area contributed by atoms with E-state index in [0.717, 1.165) is 43.2 Å². The van der Waals surface area contributed by atoms with E-state index >= 15 is 0 Å². The van der Waals surface area contributed by atoms with Crippen molar-refractivity contribution in [3.8, 4) is 0 Å². The Kier molecular flexibility index (Phi) is 8.86. The fraction of sp³-hybridized carbons (Fsp3) is 0.556. The van der Waals surface area contributed by atoms with Gasteiger partial charge in [-0.05, 0) is 45.2 Å². The van der Waals surface area contributed by atoms with Crippen molar-refractivity contribution in [2.24, 2.45) is 0 Å². The Balaban J connectivity index is 2.26. The second-order valence-corrected chi connectivity index (χ2v) is 5.87. The van der Waals surface area contributed by atoms with Crippen molar-refractivity contribution in [3.63, 3.8) is 0 Å². The number of hydrogen-bond donors (Lipinski definition) is 0. The second-order valence-electron chi connectivity index (χ2n) is 5.87. The molecule has 0 radical (unpaired) electrons. The highest BCUT2D eigenvalue weighted by atomic mass is 17.5. The quantitative estimate of drug-likeness (QED) is 0.278. The van der Waals surface area contributed by atoms with Gasteiger partial charge >= 0.3 is 12.1 Å². The molecule has 6 nitrogen and oxygen atoms in total. The Morgan fingerprint density at radius 3 is 2.50 bits per heavy atom. The van der Waals surface area contributed by atoms with Crippen LogP contribution in [-0.4, -0.2) is 18.2 Å². The molecule has 0 spiro atoms. The molecular weight excluding hydrogens is 312 g/mol. The number of carbonyl (C=O) groups excluding carboxylic acids is 2. The van der Waals surface area contributed by atoms with Crippen LogP contribution in [0.2, 0.25) is 0 Å². The Hall–Kier alpha value is -2.08. The molecule has 134 valence electrons. The lowest BCUT2D eigenvalue weighted by Gasteiger charge is -2.11. The van der Waals surface area contributed by atoms with E-state index in [1.807, 2.05) is 13.0 Å². The van der Waals surface area contributed by atoms with Gasteiger partial charge in [-0.3, -0.25) is 4.89 Å². The monoisotopic (exact) mass is 338 g/mol. The third kappa shape index (κ3) is 7.46. The summed E-state index contributed by atoms with van der Waals surface area (Å²) in [5.74, 6) is -0.743. The summed E-state index contributed by atoms with van der Waals surface area (Å²) < 4.78 is 4.98. The van der Waals surface area contributed by atoms with Gasteiger partial charge in [0.05, 0.1) is 10.6 Å². The number of aryl methyl sites for hydroxylation is 2. The predicted molar refractivity (Wildman–Crippen MR) is 88.2 cm³/mol. The minimum atomic E-state index is -1.04. The van der Waals surface area contributed by atoms with Gasteiger partial charge in [-0.1, -0.05) is 43.9 Å². The molecule has 0 bridgehead atoms. The number of carbonyl (C=O) groups is 2. The van der Waals surface area contributed by atoms with Crippen LogP contribution in [0.4, 0.5) is 4.79 Å². The fourth-order valence-corrected chi connectivity index (χ4v) is 2.26. The Bertz CT molecular complexity index is 540. The molecule has 0 heterocycles. The molecule has 0 aliphatic heterocycles. The maximum absolute atomic E-state index is 11.8. The topological polar surface area (TPSA) is 71.1 Å². The fourth-order valence-electron chi connectivity index (χ4n) is 2.26. The van der Waals surface area contributed by atoms with Crippen LogP contribution >= 0.6 is 0 Å². The maximum Gasteiger partial charge on any atom is 0.543 e. The van der Waals surface area contributed by atoms with Crippen molar-refractivity contribution >= 4 is 12.1 Å². The predicted octanol–water partition coefficient (Wildman–Crippen LogP) is 4.82. The first-order valence-corrected chi connectivity index (χ1v) is 8.27. The molecule has 0 N–H and O–H groups in total. The van der Waals surface area contributed by atoms with Crippen molar-refractivity contribution in [1.29, 1.82) is 0 Å². The Morgan fingerprint density at radius 2 is 1.83 bits per heavy atom. The standard InChI is InChI=1S/C18H26O6/c1-5-6-7-8-9-15(4)21-18(20)23-24-22-17(19)16-11-10-13(2)12-14(16)3/h10-12,15H,5-9H2,1-4H3. The molecule has 0 aliphatic carbocycles. The molecule has 1 atom stereocenters. The van der Waals surface area contributed by atoms with Gasteiger partial charge < -0.3 is 4.74 Å². The van der Waals surface area contributed by atoms with Gasteiger partial charge in [-0.2, -0.15) is 0 Å². The van der Waals surface area contributed by atoms with E-state index in [9.17, 15) is 9.59 Å². The zero-order valence-electron chi connectivity index (χ0n) is 14.8. The van der Waals surface area contributed by atoms with Crippen LogP contribution in [-0.2, 0) is 19.6 Å². The third-order valence-corrected chi connectivity index (χ3v) is 3.58. The van der Waals surface area contributed by atoms with Crippen LogP contribution in [0.3, 0.4) is 0 Å². The number of rotatable bonds is 9. The molecule has 0 saturated carbocycles. The van der Waals surface area contributed by atoms with E-state index in [0.29, 0.717) is 5.56 Å². The van der Waals surface area contributed by atoms with Crippen LogP contribution in [0.15, 0.2) is 18.2 Å². The number of unbranched alkanes of at least 4 members (excludes halogenated alkanes) is 3. The minimum Gasteiger partial charge on any atom is -0.429 e. The van der Waals surface area contributed by atoms with Crippen molar-refractivity contribution in [3.05, 3.63) is 34.9 Å². The summed E-state index contributed by atoms with van der Waals surface area (Å²) in [5.41, 5.74) is 2.10. The summed E-state index contributed by atoms with van der Waals surface area (Å²) in [6.45, 7) is 7.60. The van der Waals surface area contributed by atoms with Gasteiger partial charge in [-0.15, -0.1) is 0 Å². The van der Waals surface area contributed by atoms with Gasteiger partial charge in [0.15, 0.2) is 0 Å². The summed E-state index contributed by atoms with van der Waals surface area (Å²) in [4.78, 5) is 32.0. The van der Waals surface area contributed by atoms with E-state index in [2.05, 4.69) is 21.7 Å². The van der Waals surface area contributed by atoms with Gasteiger partial charge in [0.25, 0.3) is 0 Å². The third-order valence-electron chi connectivity index (χ3n) is 3.58. The first-order chi connectivity index (χ1) is 11.4. The molecule has 0 fully saturated rings. The maximum atomic E-state index is 11.8. The summed E-state index contributed by atoms with van der Waals surface area (Å²) in [5, 5.41) is 4.22. The van der Waals surface area contributed by atoms with Crippen LogP contribution in [0, 0.1) is 13.8 Å². The highest BCUT2D eigenvalue weighted by Gasteiger charge is 2.16. The summed E-state index contributed by atoms with van der Waals surface area (Å²) in [7, 11) is 0. The highest BCUT2D eigenvalue weighted by molar-refractivity contribution is 5.90. The largest absolute Gasteiger partial charge is 0.543 e. The van der Waals surface area contributed by atoms with Gasteiger partial charge in [0.2, 0.25) is 0 Å². The van der Waals surface area contributed by atoms with E-state index in [-0.39, 0.29) is 6.10 Å². The second kappa shape index (κ2) is 10.6. The van der Waals surface area contributed by atoms with Crippen LogP contribution in [0.5, 0.6) is 0 Å². The molecule has 0 amide bonds. The van der Waals surface area contributed by atoms with Gasteiger partial charge in [0.1, 0.15) is 6.10 Å². The van der Waals surface area contributed by atoms with Gasteiger partial charge in [-0.25, -0.2) is 14.5 Å². The summed E-state index contributed by atoms with van der Waals surface area (Å²) >= 11 is 0. The van der Waals surface area contributed by atoms with Crippen LogP contribution in [0.25, 0.3) is 0 Å². The first kappa shape index (κ1) is 20.0. The normalized spacial score (nSPS) is 11.7. The van der Waals surface area contributed by atoms with Crippen molar-refractivity contribution in [2.75, 3.05) is 0 Å². The smallest absolute Gasteiger partial charge is 0.429 e. The van der Waals surface area contributed by atoms with Crippen LogP contribution in [0.1, 0.15) is 67.4 Å². The summed E-state index contributed by atoms with van der Waals surface area (Å²) in [6.07, 6.45) is 3.82. The molecule has 1 rings (SSSR count). The molecule has 0 aliphatic rings. The number of ether oxygens (including phenoxy) is 1. The molecule has 1 unspecified atom stereocenters. The highest BCUT2D eigenvalue weighted by Crippen LogP contribution is 2.12. The number of benzene rings is 1. The SMILES string of the molecule is CCCCCCC(C)OC(=O)OOOC(=O)c1ccc(C)cc1C. The van der Waals surface area contributed by atoms with Crippen LogP contribution < -0.4 is 0 Å². The molecule has 6 heteroatoms. The number of hydrogen-bond acceptors (Lipinski definition) is 6. The lowest BCUT2D eigenvalue weighted by Crippen LogP contribution is -2.17. The van der Waals surface area contributed by atoms with Crippen molar-refractivity contribution < 1.29 is 29.1 Å². The molecule has 1 aromatic carbocycles. The molecule has 0 aromatic heterocycles. The van der Waals surface area contributed by atoms with E-state index in [1.54, 1.807) is 26.0 Å². The summed E-state index contributed by atoms with van der Waals surface area (Å²) in [6, 6.07) is 5.23. The lowest BCUT2D eigenvalue weighted by atomic mass is 10.1. The molecule has 0 saturated heterocycles. The molecular formula is C18H26O6. The first-order valence-electron chi connectivity index (χ1n) is 8.27. The lowest BCUT2D eigenvalue weighted by molar-refractivity contribution is -0.453. The average Bonchev–Trinajstić information content (AvgIpc) is 2.51. The Labute approximate surface area is 142 Å². The van der Waals surface area contributed by atoms with Crippen molar-refractivity contribution in [2.45, 2.75) is 65.9 Å². The van der Waals surface area contributed by atoms with E-state index in [4.69, 9.17) is 4.74 Å². The zero-order chi connectivity index (χ0) is 17.9. The zero-order valence-corrected chi connectivity index (χ0v) is 14.8. The Morgan fingerprint density at radius 1 is 1.08 bits per heavy atom. The average molecular weight is 338 g/mol. The van der Waals surface area contributed by atoms with Crippen molar-refractivity contribution in [1.82, 2.24) is 0 Å². The van der Waals surface area contributed by atoms with E-state index < -0.39 is 12.1 Å². The minimum absolute atomic E-state index is 0.284. The molecule has 1 aromatic rings.